The molecule has 0 atom stereocenters. The summed E-state index contributed by atoms with van der Waals surface area (Å²) in [5, 5.41) is 2.35. The van der Waals surface area contributed by atoms with Gasteiger partial charge in [0, 0.05) is 32.6 Å². The second-order valence-electron chi connectivity index (χ2n) is 9.10. The molecule has 0 aliphatic rings. The summed E-state index contributed by atoms with van der Waals surface area (Å²) in [4.78, 5) is 33.9. The Morgan fingerprint density at radius 1 is 0.361 bits per heavy atom. The maximum atomic E-state index is 13.6. The Labute approximate surface area is 205 Å². The first-order chi connectivity index (χ1) is 17.7. The van der Waals surface area contributed by atoms with Gasteiger partial charge in [0.15, 0.2) is 10.9 Å². The number of rotatable bonds is 2. The fourth-order valence-electron chi connectivity index (χ4n) is 5.07. The molecule has 7 rings (SSSR count). The smallest absolute Gasteiger partial charge is 0.197 e. The van der Waals surface area contributed by atoms with Gasteiger partial charge in [0.25, 0.3) is 0 Å². The summed E-state index contributed by atoms with van der Waals surface area (Å²) >= 11 is 0. The van der Waals surface area contributed by atoms with Crippen LogP contribution >= 0.6 is 0 Å². The van der Waals surface area contributed by atoms with Gasteiger partial charge in [0.05, 0.1) is 11.0 Å². The highest BCUT2D eigenvalue weighted by molar-refractivity contribution is 6.03. The number of aromatic nitrogens is 2. The Bertz CT molecular complexity index is 1920. The second kappa shape index (κ2) is 7.79. The molecule has 0 aliphatic carbocycles. The van der Waals surface area contributed by atoms with Crippen LogP contribution in [0.5, 0.6) is 0 Å². The summed E-state index contributed by atoms with van der Waals surface area (Å²) in [6.45, 7) is 0. The molecule has 0 unspecified atom stereocenters. The first kappa shape index (κ1) is 20.4. The third-order valence-corrected chi connectivity index (χ3v) is 6.93. The molecule has 0 saturated carbocycles. The van der Waals surface area contributed by atoms with E-state index in [0.29, 0.717) is 32.6 Å². The fraction of sp³-hybridized carbons (Fsp3) is 0. The van der Waals surface area contributed by atoms with Crippen molar-refractivity contribution >= 4 is 43.6 Å². The summed E-state index contributed by atoms with van der Waals surface area (Å²) in [6, 6.07) is 35.3. The molecule has 36 heavy (non-hydrogen) atoms. The van der Waals surface area contributed by atoms with Crippen molar-refractivity contribution in [1.82, 2.24) is 9.97 Å². The van der Waals surface area contributed by atoms with E-state index in [2.05, 4.69) is 9.97 Å². The van der Waals surface area contributed by atoms with Crippen LogP contribution in [0, 0.1) is 0 Å². The van der Waals surface area contributed by atoms with Gasteiger partial charge in [-0.2, -0.15) is 0 Å². The van der Waals surface area contributed by atoms with Gasteiger partial charge in [0.1, 0.15) is 0 Å². The maximum absolute atomic E-state index is 13.6. The van der Waals surface area contributed by atoms with E-state index in [1.54, 1.807) is 12.1 Å². The molecule has 4 nitrogen and oxygen atoms in total. The number of fused-ring (bicyclic) bond motifs is 4. The molecule has 170 valence electrons. The highest BCUT2D eigenvalue weighted by Gasteiger charge is 2.12. The molecule has 5 aromatic carbocycles. The minimum absolute atomic E-state index is 0.0567. The van der Waals surface area contributed by atoms with E-state index in [1.165, 1.54) is 0 Å². The number of H-pyrrole nitrogens is 2. The van der Waals surface area contributed by atoms with Gasteiger partial charge in [-0.05, 0) is 58.7 Å². The molecular formula is C32H20N2O2. The van der Waals surface area contributed by atoms with E-state index in [1.807, 2.05) is 97.1 Å². The molecule has 0 bridgehead atoms. The molecule has 4 heteroatoms. The van der Waals surface area contributed by atoms with Crippen molar-refractivity contribution in [3.05, 3.63) is 130 Å². The third-order valence-electron chi connectivity index (χ3n) is 6.93. The molecule has 0 aliphatic heterocycles. The predicted octanol–water partition coefficient (Wildman–Crippen LogP) is 7.01. The number of hydrogen-bond donors (Lipinski definition) is 2. The Hall–Kier alpha value is -4.96. The summed E-state index contributed by atoms with van der Waals surface area (Å²) in [7, 11) is 0. The first-order valence-corrected chi connectivity index (χ1v) is 11.9. The largest absolute Gasteiger partial charge is 0.354 e. The van der Waals surface area contributed by atoms with Crippen molar-refractivity contribution in [2.24, 2.45) is 0 Å². The van der Waals surface area contributed by atoms with Crippen molar-refractivity contribution in [2.75, 3.05) is 0 Å². The van der Waals surface area contributed by atoms with Crippen LogP contribution in [0.2, 0.25) is 0 Å². The minimum Gasteiger partial charge on any atom is -0.354 e. The van der Waals surface area contributed by atoms with E-state index in [-0.39, 0.29) is 10.9 Å². The Kier molecular flexibility index (Phi) is 4.42. The van der Waals surface area contributed by atoms with Crippen LogP contribution in [0.1, 0.15) is 0 Å². The molecule has 0 saturated heterocycles. The Balaban J connectivity index is 1.47. The van der Waals surface area contributed by atoms with Gasteiger partial charge in [-0.1, -0.05) is 72.8 Å². The monoisotopic (exact) mass is 464 g/mol. The summed E-state index contributed by atoms with van der Waals surface area (Å²) < 4.78 is 0. The van der Waals surface area contributed by atoms with Gasteiger partial charge in [-0.3, -0.25) is 9.59 Å². The topological polar surface area (TPSA) is 65.7 Å². The maximum Gasteiger partial charge on any atom is 0.197 e. The Morgan fingerprint density at radius 2 is 0.750 bits per heavy atom. The Morgan fingerprint density at radius 3 is 1.17 bits per heavy atom. The lowest BCUT2D eigenvalue weighted by atomic mass is 10.00. The number of aromatic amines is 2. The molecular weight excluding hydrogens is 444 g/mol. The van der Waals surface area contributed by atoms with Crippen LogP contribution < -0.4 is 10.9 Å². The lowest BCUT2D eigenvalue weighted by Gasteiger charge is -2.09. The van der Waals surface area contributed by atoms with E-state index in [0.717, 1.165) is 33.3 Å². The van der Waals surface area contributed by atoms with Crippen LogP contribution in [0.15, 0.2) is 119 Å². The summed E-state index contributed by atoms with van der Waals surface area (Å²) in [6.07, 6.45) is 0. The average molecular weight is 465 g/mol. The van der Waals surface area contributed by atoms with Gasteiger partial charge in [-0.15, -0.1) is 0 Å². The zero-order valence-corrected chi connectivity index (χ0v) is 19.2. The first-order valence-electron chi connectivity index (χ1n) is 11.9. The number of benzene rings is 5. The minimum atomic E-state index is -0.0567. The fourth-order valence-corrected chi connectivity index (χ4v) is 5.07. The van der Waals surface area contributed by atoms with E-state index >= 15 is 0 Å². The summed E-state index contributed by atoms with van der Waals surface area (Å²) in [5.74, 6) is 0. The normalized spacial score (nSPS) is 11.6. The average Bonchev–Trinajstić information content (AvgIpc) is 2.93. The zero-order valence-electron chi connectivity index (χ0n) is 19.2. The lowest BCUT2D eigenvalue weighted by molar-refractivity contribution is 1.45. The molecule has 0 spiro atoms. The summed E-state index contributed by atoms with van der Waals surface area (Å²) in [5.41, 5.74) is 6.77. The highest BCUT2D eigenvalue weighted by atomic mass is 16.1. The van der Waals surface area contributed by atoms with Gasteiger partial charge >= 0.3 is 0 Å². The van der Waals surface area contributed by atoms with Crippen molar-refractivity contribution in [3.63, 3.8) is 0 Å². The molecule has 2 N–H and O–H groups in total. The van der Waals surface area contributed by atoms with Crippen LogP contribution in [-0.2, 0) is 0 Å². The predicted molar refractivity (Wildman–Crippen MR) is 149 cm³/mol. The molecule has 2 heterocycles. The van der Waals surface area contributed by atoms with Crippen molar-refractivity contribution in [1.29, 1.82) is 0 Å². The number of pyridine rings is 2. The van der Waals surface area contributed by atoms with Gasteiger partial charge in [-0.25, -0.2) is 0 Å². The van der Waals surface area contributed by atoms with Crippen LogP contribution in [0.4, 0.5) is 0 Å². The number of nitrogens with one attached hydrogen (secondary N) is 2. The molecule has 0 fully saturated rings. The standard InChI is InChI=1S/C32H20N2O2/c35-31-23-15-21(19-7-3-1-4-8-19)11-13-27(23)33-29-18-26-30(17-25(29)31)34-28-14-12-22(16-24(28)32(26)36)20-9-5-2-6-10-20/h1-18H,(H,33,35)(H,34,36). The van der Waals surface area contributed by atoms with E-state index in [9.17, 15) is 9.59 Å². The van der Waals surface area contributed by atoms with Gasteiger partial charge in [0.2, 0.25) is 0 Å². The van der Waals surface area contributed by atoms with Crippen molar-refractivity contribution < 1.29 is 0 Å². The lowest BCUT2D eigenvalue weighted by Crippen LogP contribution is -2.08. The molecule has 0 radical (unpaired) electrons. The van der Waals surface area contributed by atoms with Crippen molar-refractivity contribution in [3.8, 4) is 22.3 Å². The third kappa shape index (κ3) is 3.16. The highest BCUT2D eigenvalue weighted by Crippen LogP contribution is 2.27. The molecule has 7 aromatic rings. The SMILES string of the molecule is O=c1c2cc(-c3ccccc3)ccc2[nH]c2cc3c(=O)c4cc(-c5ccccc5)ccc4[nH]c3cc12. The van der Waals surface area contributed by atoms with Crippen LogP contribution in [0.25, 0.3) is 65.9 Å². The van der Waals surface area contributed by atoms with Crippen molar-refractivity contribution in [2.45, 2.75) is 0 Å². The van der Waals surface area contributed by atoms with E-state index in [4.69, 9.17) is 0 Å². The number of hydrogen-bond acceptors (Lipinski definition) is 2. The van der Waals surface area contributed by atoms with Crippen LogP contribution in [-0.4, -0.2) is 9.97 Å². The molecule has 0 amide bonds. The zero-order chi connectivity index (χ0) is 24.2. The molecule has 2 aromatic heterocycles. The van der Waals surface area contributed by atoms with Crippen LogP contribution in [0.3, 0.4) is 0 Å². The van der Waals surface area contributed by atoms with Gasteiger partial charge < -0.3 is 9.97 Å². The second-order valence-corrected chi connectivity index (χ2v) is 9.10. The van der Waals surface area contributed by atoms with E-state index < -0.39 is 0 Å². The quantitative estimate of drug-likeness (QED) is 0.270.